The average molecular weight is 501 g/mol. The smallest absolute Gasteiger partial charge is 0.340 e. The normalized spacial score (nSPS) is 20.9. The first-order valence-corrected chi connectivity index (χ1v) is 13.6. The topological polar surface area (TPSA) is 42.0 Å². The lowest BCUT2D eigenvalue weighted by Crippen LogP contribution is -2.34. The zero-order valence-corrected chi connectivity index (χ0v) is 21.2. The minimum Gasteiger partial charge on any atom is -0.456 e. The summed E-state index contributed by atoms with van der Waals surface area (Å²) in [6.45, 7) is 3.02. The number of anilines is 3. The third kappa shape index (κ3) is 3.02. The Balaban J connectivity index is 1.32. The van der Waals surface area contributed by atoms with Gasteiger partial charge in [0, 0.05) is 59.5 Å². The number of carbonyl (C=O) groups excluding carboxylic acids is 1. The SMILES string of the molecule is O=C1OC2(c3ccc(N4CCCCC4)cc3Oc3ccc(N4CCc5ccccc54)cc32)c2ccccc21. The van der Waals surface area contributed by atoms with Gasteiger partial charge in [0.25, 0.3) is 0 Å². The molecular formula is C33H28N2O3. The molecule has 1 atom stereocenters. The van der Waals surface area contributed by atoms with Crippen molar-refractivity contribution in [2.75, 3.05) is 29.4 Å². The van der Waals surface area contributed by atoms with Gasteiger partial charge < -0.3 is 19.3 Å². The van der Waals surface area contributed by atoms with Gasteiger partial charge in [0.1, 0.15) is 11.5 Å². The number of piperidine rings is 1. The van der Waals surface area contributed by atoms with Gasteiger partial charge in [-0.3, -0.25) is 0 Å². The Labute approximate surface area is 222 Å². The van der Waals surface area contributed by atoms with E-state index in [9.17, 15) is 4.79 Å². The van der Waals surface area contributed by atoms with E-state index in [1.165, 1.54) is 30.5 Å². The molecule has 0 aliphatic carbocycles. The predicted octanol–water partition coefficient (Wildman–Crippen LogP) is 6.94. The van der Waals surface area contributed by atoms with Crippen LogP contribution in [-0.2, 0) is 16.8 Å². The number of esters is 1. The molecule has 188 valence electrons. The molecule has 0 N–H and O–H groups in total. The number of benzene rings is 4. The standard InChI is InChI=1S/C33H28N2O3/c36-32-25-9-3-4-10-26(25)33(38-32)27-14-12-23(34-17-6-1-7-18-34)21-31(27)37-30-15-13-24(20-28(30)33)35-19-16-22-8-2-5-11-29(22)35/h2-5,8-15,20-21H,1,6-7,16-19H2. The van der Waals surface area contributed by atoms with Gasteiger partial charge in [-0.1, -0.05) is 36.4 Å². The fourth-order valence-corrected chi connectivity index (χ4v) is 6.77. The molecule has 1 spiro atoms. The maximum absolute atomic E-state index is 13.3. The lowest BCUT2D eigenvalue weighted by Gasteiger charge is -2.38. The summed E-state index contributed by atoms with van der Waals surface area (Å²) in [5.41, 5.74) is 7.00. The fourth-order valence-electron chi connectivity index (χ4n) is 6.77. The van der Waals surface area contributed by atoms with Crippen LogP contribution in [0.1, 0.15) is 51.9 Å². The molecule has 8 rings (SSSR count). The van der Waals surface area contributed by atoms with Crippen molar-refractivity contribution in [3.63, 3.8) is 0 Å². The largest absolute Gasteiger partial charge is 0.456 e. The third-order valence-corrected chi connectivity index (χ3v) is 8.60. The van der Waals surface area contributed by atoms with E-state index in [1.807, 2.05) is 30.3 Å². The minimum atomic E-state index is -1.05. The highest BCUT2D eigenvalue weighted by Gasteiger charge is 2.53. The van der Waals surface area contributed by atoms with E-state index in [0.29, 0.717) is 5.56 Å². The number of ether oxygens (including phenoxy) is 2. The van der Waals surface area contributed by atoms with Crippen molar-refractivity contribution in [1.29, 1.82) is 0 Å². The van der Waals surface area contributed by atoms with Crippen LogP contribution in [0.2, 0.25) is 0 Å². The van der Waals surface area contributed by atoms with Crippen molar-refractivity contribution >= 4 is 23.0 Å². The number of rotatable bonds is 2. The number of nitrogens with zero attached hydrogens (tertiary/aromatic N) is 2. The summed E-state index contributed by atoms with van der Waals surface area (Å²) in [5, 5.41) is 0. The number of carbonyl (C=O) groups is 1. The van der Waals surface area contributed by atoms with Crippen molar-refractivity contribution in [2.24, 2.45) is 0 Å². The molecule has 38 heavy (non-hydrogen) atoms. The van der Waals surface area contributed by atoms with E-state index in [-0.39, 0.29) is 5.97 Å². The Kier molecular flexibility index (Phi) is 4.66. The van der Waals surface area contributed by atoms with E-state index in [2.05, 4.69) is 64.4 Å². The fraction of sp³-hybridized carbons (Fsp3) is 0.242. The molecule has 4 aliphatic heterocycles. The molecule has 5 nitrogen and oxygen atoms in total. The van der Waals surface area contributed by atoms with Crippen LogP contribution in [0.15, 0.2) is 84.9 Å². The zero-order valence-electron chi connectivity index (χ0n) is 21.2. The van der Waals surface area contributed by atoms with Crippen LogP contribution in [0.3, 0.4) is 0 Å². The van der Waals surface area contributed by atoms with Crippen LogP contribution < -0.4 is 14.5 Å². The third-order valence-electron chi connectivity index (χ3n) is 8.60. The second-order valence-corrected chi connectivity index (χ2v) is 10.7. The molecule has 0 saturated carbocycles. The Bertz CT molecular complexity index is 1610. The monoisotopic (exact) mass is 500 g/mol. The molecule has 0 bridgehead atoms. The van der Waals surface area contributed by atoms with Gasteiger partial charge in [0.2, 0.25) is 0 Å². The van der Waals surface area contributed by atoms with Crippen molar-refractivity contribution in [1.82, 2.24) is 0 Å². The average Bonchev–Trinajstić information content (AvgIpc) is 3.53. The number of fused-ring (bicyclic) bond motifs is 7. The molecular weight excluding hydrogens is 472 g/mol. The molecule has 0 radical (unpaired) electrons. The lowest BCUT2D eigenvalue weighted by molar-refractivity contribution is 0.0224. The first-order valence-electron chi connectivity index (χ1n) is 13.6. The van der Waals surface area contributed by atoms with Crippen LogP contribution in [0, 0.1) is 0 Å². The Morgan fingerprint density at radius 3 is 2.42 bits per heavy atom. The molecule has 0 amide bonds. The maximum Gasteiger partial charge on any atom is 0.340 e. The Morgan fingerprint density at radius 1 is 0.684 bits per heavy atom. The molecule has 5 heteroatoms. The zero-order chi connectivity index (χ0) is 25.3. The van der Waals surface area contributed by atoms with Crippen molar-refractivity contribution in [3.05, 3.63) is 113 Å². The van der Waals surface area contributed by atoms with Gasteiger partial charge in [-0.25, -0.2) is 4.79 Å². The van der Waals surface area contributed by atoms with Gasteiger partial charge in [0.05, 0.1) is 5.56 Å². The predicted molar refractivity (Wildman–Crippen MR) is 148 cm³/mol. The number of hydrogen-bond donors (Lipinski definition) is 0. The summed E-state index contributed by atoms with van der Waals surface area (Å²) >= 11 is 0. The van der Waals surface area contributed by atoms with Gasteiger partial charge in [-0.05, 0) is 73.7 Å². The van der Waals surface area contributed by atoms with Gasteiger partial charge in [-0.2, -0.15) is 0 Å². The quantitative estimate of drug-likeness (QED) is 0.279. The highest BCUT2D eigenvalue weighted by atomic mass is 16.6. The number of hydrogen-bond acceptors (Lipinski definition) is 5. The first kappa shape index (κ1) is 21.8. The van der Waals surface area contributed by atoms with E-state index in [4.69, 9.17) is 9.47 Å². The van der Waals surface area contributed by atoms with Crippen LogP contribution in [0.5, 0.6) is 11.5 Å². The van der Waals surface area contributed by atoms with Gasteiger partial charge in [0.15, 0.2) is 5.60 Å². The highest BCUT2D eigenvalue weighted by Crippen LogP contribution is 2.57. The highest BCUT2D eigenvalue weighted by molar-refractivity contribution is 5.97. The van der Waals surface area contributed by atoms with Crippen molar-refractivity contribution in [3.8, 4) is 11.5 Å². The van der Waals surface area contributed by atoms with Gasteiger partial charge in [-0.15, -0.1) is 0 Å². The molecule has 1 unspecified atom stereocenters. The van der Waals surface area contributed by atoms with E-state index < -0.39 is 5.60 Å². The molecule has 4 aromatic carbocycles. The summed E-state index contributed by atoms with van der Waals surface area (Å²) in [7, 11) is 0. The Morgan fingerprint density at radius 2 is 1.50 bits per heavy atom. The summed E-state index contributed by atoms with van der Waals surface area (Å²) in [5.74, 6) is 1.19. The molecule has 1 saturated heterocycles. The van der Waals surface area contributed by atoms with E-state index in [1.54, 1.807) is 0 Å². The van der Waals surface area contributed by atoms with E-state index >= 15 is 0 Å². The van der Waals surface area contributed by atoms with E-state index in [0.717, 1.165) is 65.6 Å². The van der Waals surface area contributed by atoms with Crippen LogP contribution in [-0.4, -0.2) is 25.6 Å². The first-order chi connectivity index (χ1) is 18.7. The molecule has 4 heterocycles. The number of para-hydroxylation sites is 1. The lowest BCUT2D eigenvalue weighted by atomic mass is 9.77. The second-order valence-electron chi connectivity index (χ2n) is 10.7. The molecule has 1 fully saturated rings. The summed E-state index contributed by atoms with van der Waals surface area (Å²) in [4.78, 5) is 18.1. The summed E-state index contributed by atoms with van der Waals surface area (Å²) in [6.07, 6.45) is 4.70. The van der Waals surface area contributed by atoms with Gasteiger partial charge >= 0.3 is 5.97 Å². The maximum atomic E-state index is 13.3. The van der Waals surface area contributed by atoms with Crippen molar-refractivity contribution < 1.29 is 14.3 Å². The Hall–Kier alpha value is -4.25. The summed E-state index contributed by atoms with van der Waals surface area (Å²) < 4.78 is 13.0. The summed E-state index contributed by atoms with van der Waals surface area (Å²) in [6, 6.07) is 29.1. The molecule has 4 aromatic rings. The second kappa shape index (κ2) is 8.12. The van der Waals surface area contributed by atoms with Crippen LogP contribution >= 0.6 is 0 Å². The van der Waals surface area contributed by atoms with Crippen LogP contribution in [0.4, 0.5) is 17.1 Å². The molecule has 0 aromatic heterocycles. The minimum absolute atomic E-state index is 0.295. The molecule has 4 aliphatic rings. The van der Waals surface area contributed by atoms with Crippen molar-refractivity contribution in [2.45, 2.75) is 31.3 Å². The van der Waals surface area contributed by atoms with Crippen LogP contribution in [0.25, 0.3) is 0 Å².